The molecule has 1 aromatic heterocycles. The van der Waals surface area contributed by atoms with Crippen LogP contribution in [0, 0.1) is 0 Å². The number of hydrogen-bond donors (Lipinski definition) is 1. The molecule has 0 atom stereocenters. The molecule has 2 N–H and O–H groups in total. The van der Waals surface area contributed by atoms with Crippen LogP contribution < -0.4 is 5.73 Å². The molecule has 1 rings (SSSR count). The van der Waals surface area contributed by atoms with Gasteiger partial charge in [0.15, 0.2) is 0 Å². The van der Waals surface area contributed by atoms with E-state index in [0.717, 1.165) is 4.47 Å². The second-order valence-corrected chi connectivity index (χ2v) is 3.94. The van der Waals surface area contributed by atoms with Gasteiger partial charge >= 0.3 is 0 Å². The Hall–Kier alpha value is -0.840. The van der Waals surface area contributed by atoms with Crippen LogP contribution in [0.5, 0.6) is 0 Å². The number of rotatable bonds is 2. The number of carbonyl (C=O) groups excluding carboxylic acids is 1. The third-order valence-electron chi connectivity index (χ3n) is 1.73. The molecular weight excluding hydrogens is 222 g/mol. The van der Waals surface area contributed by atoms with Crippen LogP contribution in [0.1, 0.15) is 13.8 Å². The minimum Gasteiger partial charge on any atom is -0.368 e. The monoisotopic (exact) mass is 231 g/mol. The first-order valence-corrected chi connectivity index (χ1v) is 4.24. The van der Waals surface area contributed by atoms with Gasteiger partial charge in [0.2, 0.25) is 5.91 Å². The highest BCUT2D eigenvalue weighted by atomic mass is 79.9. The molecule has 0 saturated heterocycles. The highest BCUT2D eigenvalue weighted by Crippen LogP contribution is 2.16. The molecule has 0 fully saturated rings. The van der Waals surface area contributed by atoms with Gasteiger partial charge < -0.3 is 5.73 Å². The molecule has 0 bridgehead atoms. The maximum Gasteiger partial charge on any atom is 0.244 e. The number of aromatic nitrogens is 2. The van der Waals surface area contributed by atoms with Crippen molar-refractivity contribution in [1.29, 1.82) is 0 Å². The van der Waals surface area contributed by atoms with Crippen molar-refractivity contribution in [3.05, 3.63) is 16.9 Å². The van der Waals surface area contributed by atoms with Crippen LogP contribution in [0.15, 0.2) is 16.9 Å². The van der Waals surface area contributed by atoms with E-state index in [9.17, 15) is 4.79 Å². The zero-order valence-corrected chi connectivity index (χ0v) is 8.50. The van der Waals surface area contributed by atoms with E-state index in [-0.39, 0.29) is 0 Å². The summed E-state index contributed by atoms with van der Waals surface area (Å²) in [6.45, 7) is 3.43. The maximum atomic E-state index is 11.0. The predicted octanol–water partition coefficient (Wildman–Crippen LogP) is 0.866. The first-order valence-electron chi connectivity index (χ1n) is 3.45. The van der Waals surface area contributed by atoms with Crippen molar-refractivity contribution in [2.75, 3.05) is 0 Å². The van der Waals surface area contributed by atoms with Crippen LogP contribution >= 0.6 is 15.9 Å². The first-order chi connectivity index (χ1) is 5.44. The molecule has 1 heterocycles. The molecule has 4 nitrogen and oxygen atoms in total. The molecular formula is C7H10BrN3O. The molecule has 66 valence electrons. The average molecular weight is 232 g/mol. The topological polar surface area (TPSA) is 60.9 Å². The Labute approximate surface area is 78.9 Å². The van der Waals surface area contributed by atoms with E-state index in [2.05, 4.69) is 21.0 Å². The molecule has 0 aromatic carbocycles. The number of halogens is 1. The van der Waals surface area contributed by atoms with Gasteiger partial charge in [0.25, 0.3) is 0 Å². The van der Waals surface area contributed by atoms with Crippen molar-refractivity contribution >= 4 is 21.8 Å². The predicted molar refractivity (Wildman–Crippen MR) is 48.4 cm³/mol. The number of nitrogens with two attached hydrogens (primary N) is 1. The Balaban J connectivity index is 3.05. The fourth-order valence-corrected chi connectivity index (χ4v) is 1.00. The zero-order chi connectivity index (χ0) is 9.35. The van der Waals surface area contributed by atoms with E-state index >= 15 is 0 Å². The number of carbonyl (C=O) groups is 1. The normalized spacial score (nSPS) is 11.6. The number of primary amides is 1. The molecule has 0 spiro atoms. The van der Waals surface area contributed by atoms with Gasteiger partial charge in [0.1, 0.15) is 5.54 Å². The van der Waals surface area contributed by atoms with E-state index in [1.165, 1.54) is 4.68 Å². The molecule has 0 radical (unpaired) electrons. The maximum absolute atomic E-state index is 11.0. The third-order valence-corrected chi connectivity index (χ3v) is 2.14. The Morgan fingerprint density at radius 1 is 1.75 bits per heavy atom. The summed E-state index contributed by atoms with van der Waals surface area (Å²) in [7, 11) is 0. The summed E-state index contributed by atoms with van der Waals surface area (Å²) in [5.74, 6) is -0.405. The standard InChI is InChI=1S/C7H10BrN3O/c1-7(2,6(9)12)11-4-5(8)3-10-11/h3-4H,1-2H3,(H2,9,12). The molecule has 0 aliphatic heterocycles. The van der Waals surface area contributed by atoms with Gasteiger partial charge in [-0.25, -0.2) is 0 Å². The van der Waals surface area contributed by atoms with Gasteiger partial charge in [-0.3, -0.25) is 9.48 Å². The van der Waals surface area contributed by atoms with Crippen molar-refractivity contribution in [1.82, 2.24) is 9.78 Å². The molecule has 12 heavy (non-hydrogen) atoms. The number of nitrogens with zero attached hydrogens (tertiary/aromatic N) is 2. The lowest BCUT2D eigenvalue weighted by atomic mass is 10.1. The van der Waals surface area contributed by atoms with Crippen LogP contribution in [0.25, 0.3) is 0 Å². The SMILES string of the molecule is CC(C)(C(N)=O)n1cc(Br)cn1. The zero-order valence-electron chi connectivity index (χ0n) is 6.91. The highest BCUT2D eigenvalue weighted by Gasteiger charge is 2.27. The van der Waals surface area contributed by atoms with Crippen LogP contribution in [0.2, 0.25) is 0 Å². The second-order valence-electron chi connectivity index (χ2n) is 3.03. The molecule has 1 aromatic rings. The number of hydrogen-bond acceptors (Lipinski definition) is 2. The molecule has 0 saturated carbocycles. The fourth-order valence-electron chi connectivity index (χ4n) is 0.719. The number of amides is 1. The van der Waals surface area contributed by atoms with E-state index in [4.69, 9.17) is 5.73 Å². The van der Waals surface area contributed by atoms with E-state index in [0.29, 0.717) is 0 Å². The Kier molecular flexibility index (Phi) is 2.23. The van der Waals surface area contributed by atoms with Gasteiger partial charge in [-0.15, -0.1) is 0 Å². The molecule has 1 amide bonds. The first kappa shape index (κ1) is 9.25. The molecule has 0 aliphatic carbocycles. The Bertz CT molecular complexity index is 305. The smallest absolute Gasteiger partial charge is 0.244 e. The quantitative estimate of drug-likeness (QED) is 0.822. The van der Waals surface area contributed by atoms with Gasteiger partial charge in [0.05, 0.1) is 10.7 Å². The van der Waals surface area contributed by atoms with Crippen LogP contribution in [-0.2, 0) is 10.3 Å². The lowest BCUT2D eigenvalue weighted by Crippen LogP contribution is -2.41. The summed E-state index contributed by atoms with van der Waals surface area (Å²) < 4.78 is 2.36. The minimum absolute atomic E-state index is 0.405. The van der Waals surface area contributed by atoms with Crippen molar-refractivity contribution in [3.8, 4) is 0 Å². The Morgan fingerprint density at radius 2 is 2.33 bits per heavy atom. The van der Waals surface area contributed by atoms with Crippen molar-refractivity contribution in [2.45, 2.75) is 19.4 Å². The summed E-state index contributed by atoms with van der Waals surface area (Å²) in [5, 5.41) is 3.98. The van der Waals surface area contributed by atoms with Crippen LogP contribution in [-0.4, -0.2) is 15.7 Å². The van der Waals surface area contributed by atoms with E-state index in [1.807, 2.05) is 0 Å². The summed E-state index contributed by atoms with van der Waals surface area (Å²) >= 11 is 3.24. The summed E-state index contributed by atoms with van der Waals surface area (Å²) in [5.41, 5.74) is 4.42. The van der Waals surface area contributed by atoms with Crippen LogP contribution in [0.4, 0.5) is 0 Å². The lowest BCUT2D eigenvalue weighted by Gasteiger charge is -2.20. The van der Waals surface area contributed by atoms with Crippen molar-refractivity contribution in [3.63, 3.8) is 0 Å². The van der Waals surface area contributed by atoms with Crippen molar-refractivity contribution in [2.24, 2.45) is 5.73 Å². The van der Waals surface area contributed by atoms with Crippen molar-refractivity contribution < 1.29 is 4.79 Å². The van der Waals surface area contributed by atoms with Gasteiger partial charge in [-0.2, -0.15) is 5.10 Å². The largest absolute Gasteiger partial charge is 0.368 e. The minimum atomic E-state index is -0.772. The van der Waals surface area contributed by atoms with E-state index < -0.39 is 11.4 Å². The van der Waals surface area contributed by atoms with Gasteiger partial charge in [-0.1, -0.05) is 0 Å². The Morgan fingerprint density at radius 3 is 2.67 bits per heavy atom. The van der Waals surface area contributed by atoms with E-state index in [1.54, 1.807) is 26.2 Å². The second kappa shape index (κ2) is 2.90. The molecule has 5 heteroatoms. The van der Waals surface area contributed by atoms with Gasteiger partial charge in [-0.05, 0) is 29.8 Å². The van der Waals surface area contributed by atoms with Crippen LogP contribution in [0.3, 0.4) is 0 Å². The summed E-state index contributed by atoms with van der Waals surface area (Å²) in [6.07, 6.45) is 3.33. The van der Waals surface area contributed by atoms with Gasteiger partial charge in [0, 0.05) is 6.20 Å². The molecule has 0 unspecified atom stereocenters. The third kappa shape index (κ3) is 1.50. The average Bonchev–Trinajstić information content (AvgIpc) is 2.35. The summed E-state index contributed by atoms with van der Waals surface area (Å²) in [6, 6.07) is 0. The fraction of sp³-hybridized carbons (Fsp3) is 0.429. The lowest BCUT2D eigenvalue weighted by molar-refractivity contribution is -0.125. The highest BCUT2D eigenvalue weighted by molar-refractivity contribution is 9.10. The molecule has 0 aliphatic rings. The summed E-state index contributed by atoms with van der Waals surface area (Å²) in [4.78, 5) is 11.0.